The minimum atomic E-state index is -1.15. The summed E-state index contributed by atoms with van der Waals surface area (Å²) in [6.45, 7) is 4.12. The number of carboxylic acids is 1. The van der Waals surface area contributed by atoms with Gasteiger partial charge in [0.1, 0.15) is 0 Å². The van der Waals surface area contributed by atoms with E-state index < -0.39 is 5.97 Å². The lowest BCUT2D eigenvalue weighted by Gasteiger charge is -2.05. The Kier molecular flexibility index (Phi) is 4.29. The second kappa shape index (κ2) is 6.14. The molecule has 0 aliphatic heterocycles. The van der Waals surface area contributed by atoms with E-state index >= 15 is 0 Å². The topological polar surface area (TPSA) is 98.3 Å². The molecular formula is C13H15N3O4. The number of hydrogen-bond acceptors (Lipinski definition) is 6. The summed E-state index contributed by atoms with van der Waals surface area (Å²) in [6.07, 6.45) is 2.11. The summed E-state index contributed by atoms with van der Waals surface area (Å²) in [4.78, 5) is 18.9. The van der Waals surface area contributed by atoms with Gasteiger partial charge in [0.15, 0.2) is 23.9 Å². The molecule has 2 aromatic heterocycles. The number of pyridine rings is 1. The summed E-state index contributed by atoms with van der Waals surface area (Å²) >= 11 is 0. The molecule has 2 aromatic rings. The van der Waals surface area contributed by atoms with Crippen molar-refractivity contribution >= 4 is 5.97 Å². The van der Waals surface area contributed by atoms with E-state index in [0.717, 1.165) is 6.42 Å². The lowest BCUT2D eigenvalue weighted by Crippen LogP contribution is -2.05. The Morgan fingerprint density at radius 1 is 1.50 bits per heavy atom. The molecule has 0 aliphatic carbocycles. The molecule has 0 spiro atoms. The molecule has 2 heterocycles. The Balaban J connectivity index is 2.02. The van der Waals surface area contributed by atoms with Crippen molar-refractivity contribution in [2.45, 2.75) is 26.9 Å². The number of nitrogens with zero attached hydrogens (tertiary/aromatic N) is 3. The number of hydrogen-bond donors (Lipinski definition) is 1. The SMILES string of the molecule is CC(C)Cc1noc(COc2cccnc2C(=O)O)n1. The molecule has 106 valence electrons. The molecular weight excluding hydrogens is 262 g/mol. The van der Waals surface area contributed by atoms with Gasteiger partial charge < -0.3 is 14.4 Å². The fourth-order valence-corrected chi connectivity index (χ4v) is 1.60. The molecule has 0 saturated heterocycles. The summed E-state index contributed by atoms with van der Waals surface area (Å²) in [5.74, 6) is 0.373. The first-order valence-electron chi connectivity index (χ1n) is 6.19. The van der Waals surface area contributed by atoms with E-state index in [9.17, 15) is 4.79 Å². The number of carbonyl (C=O) groups is 1. The molecule has 7 heteroatoms. The van der Waals surface area contributed by atoms with Crippen LogP contribution in [0.25, 0.3) is 0 Å². The average molecular weight is 277 g/mol. The predicted molar refractivity (Wildman–Crippen MR) is 68.4 cm³/mol. The monoisotopic (exact) mass is 277 g/mol. The third-order valence-corrected chi connectivity index (χ3v) is 2.43. The van der Waals surface area contributed by atoms with Crippen molar-refractivity contribution in [2.75, 3.05) is 0 Å². The van der Waals surface area contributed by atoms with E-state index in [2.05, 4.69) is 29.0 Å². The van der Waals surface area contributed by atoms with Gasteiger partial charge in [0.05, 0.1) is 0 Å². The van der Waals surface area contributed by atoms with Crippen LogP contribution >= 0.6 is 0 Å². The highest BCUT2D eigenvalue weighted by molar-refractivity contribution is 5.88. The molecule has 7 nitrogen and oxygen atoms in total. The number of ether oxygens (including phenoxy) is 1. The van der Waals surface area contributed by atoms with Crippen LogP contribution in [0.3, 0.4) is 0 Å². The van der Waals surface area contributed by atoms with Gasteiger partial charge in [-0.2, -0.15) is 4.98 Å². The van der Waals surface area contributed by atoms with Gasteiger partial charge in [0.25, 0.3) is 5.89 Å². The smallest absolute Gasteiger partial charge is 0.358 e. The van der Waals surface area contributed by atoms with Crippen molar-refractivity contribution in [1.29, 1.82) is 0 Å². The second-order valence-corrected chi connectivity index (χ2v) is 4.65. The van der Waals surface area contributed by atoms with E-state index in [0.29, 0.717) is 17.6 Å². The quantitative estimate of drug-likeness (QED) is 0.861. The molecule has 0 radical (unpaired) electrons. The van der Waals surface area contributed by atoms with E-state index in [1.54, 1.807) is 6.07 Å². The molecule has 1 N–H and O–H groups in total. The molecule has 0 amide bonds. The molecule has 0 unspecified atom stereocenters. The van der Waals surface area contributed by atoms with Gasteiger partial charge in [-0.05, 0) is 18.1 Å². The molecule has 0 aromatic carbocycles. The van der Waals surface area contributed by atoms with Crippen LogP contribution < -0.4 is 4.74 Å². The summed E-state index contributed by atoms with van der Waals surface area (Å²) in [7, 11) is 0. The van der Waals surface area contributed by atoms with E-state index in [1.807, 2.05) is 0 Å². The third-order valence-electron chi connectivity index (χ3n) is 2.43. The summed E-state index contributed by atoms with van der Waals surface area (Å²) in [5.41, 5.74) is -0.144. The molecule has 0 atom stereocenters. The number of aromatic carboxylic acids is 1. The molecule has 0 fully saturated rings. The minimum absolute atomic E-state index is 0.0110. The summed E-state index contributed by atoms with van der Waals surface area (Å²) in [5, 5.41) is 12.8. The van der Waals surface area contributed by atoms with Crippen LogP contribution in [0.1, 0.15) is 36.1 Å². The maximum Gasteiger partial charge on any atom is 0.358 e. The standard InChI is InChI=1S/C13H15N3O4/c1-8(2)6-10-15-11(20-16-10)7-19-9-4-3-5-14-12(9)13(17)18/h3-5,8H,6-7H2,1-2H3,(H,17,18). The fourth-order valence-electron chi connectivity index (χ4n) is 1.60. The Hall–Kier alpha value is -2.44. The largest absolute Gasteiger partial charge is 0.481 e. The third kappa shape index (κ3) is 3.53. The van der Waals surface area contributed by atoms with Crippen LogP contribution in [0.2, 0.25) is 0 Å². The van der Waals surface area contributed by atoms with Crippen LogP contribution in [-0.4, -0.2) is 26.2 Å². The lowest BCUT2D eigenvalue weighted by atomic mass is 10.1. The van der Waals surface area contributed by atoms with Gasteiger partial charge in [0.2, 0.25) is 0 Å². The van der Waals surface area contributed by atoms with Crippen LogP contribution in [0.5, 0.6) is 5.75 Å². The zero-order valence-corrected chi connectivity index (χ0v) is 11.2. The molecule has 0 aliphatic rings. The van der Waals surface area contributed by atoms with Gasteiger partial charge in [-0.25, -0.2) is 9.78 Å². The molecule has 0 saturated carbocycles. The Bertz CT molecular complexity index is 595. The highest BCUT2D eigenvalue weighted by atomic mass is 16.5. The number of rotatable bonds is 6. The van der Waals surface area contributed by atoms with E-state index in [-0.39, 0.29) is 18.1 Å². The van der Waals surface area contributed by atoms with Crippen molar-refractivity contribution < 1.29 is 19.2 Å². The first-order chi connectivity index (χ1) is 9.56. The molecule has 0 bridgehead atoms. The van der Waals surface area contributed by atoms with Crippen molar-refractivity contribution in [2.24, 2.45) is 5.92 Å². The van der Waals surface area contributed by atoms with Crippen molar-refractivity contribution in [3.05, 3.63) is 35.7 Å². The average Bonchev–Trinajstić information content (AvgIpc) is 2.83. The van der Waals surface area contributed by atoms with Gasteiger partial charge in [-0.1, -0.05) is 19.0 Å². The van der Waals surface area contributed by atoms with Crippen LogP contribution in [0.4, 0.5) is 0 Å². The Morgan fingerprint density at radius 2 is 2.30 bits per heavy atom. The van der Waals surface area contributed by atoms with Crippen molar-refractivity contribution in [1.82, 2.24) is 15.1 Å². The van der Waals surface area contributed by atoms with Crippen LogP contribution in [0.15, 0.2) is 22.9 Å². The highest BCUT2D eigenvalue weighted by Gasteiger charge is 2.14. The zero-order chi connectivity index (χ0) is 14.5. The Morgan fingerprint density at radius 3 is 3.00 bits per heavy atom. The summed E-state index contributed by atoms with van der Waals surface area (Å²) in [6, 6.07) is 3.13. The van der Waals surface area contributed by atoms with Crippen molar-refractivity contribution in [3.8, 4) is 5.75 Å². The molecule has 2 rings (SSSR count). The van der Waals surface area contributed by atoms with E-state index in [1.165, 1.54) is 12.3 Å². The zero-order valence-electron chi connectivity index (χ0n) is 11.2. The first kappa shape index (κ1) is 14.0. The minimum Gasteiger partial charge on any atom is -0.481 e. The fraction of sp³-hybridized carbons (Fsp3) is 0.385. The highest BCUT2D eigenvalue weighted by Crippen LogP contribution is 2.16. The normalized spacial score (nSPS) is 10.8. The second-order valence-electron chi connectivity index (χ2n) is 4.65. The molecule has 20 heavy (non-hydrogen) atoms. The van der Waals surface area contributed by atoms with E-state index in [4.69, 9.17) is 14.4 Å². The predicted octanol–water partition coefficient (Wildman–Crippen LogP) is 1.94. The summed E-state index contributed by atoms with van der Waals surface area (Å²) < 4.78 is 10.4. The van der Waals surface area contributed by atoms with Gasteiger partial charge >= 0.3 is 5.97 Å². The lowest BCUT2D eigenvalue weighted by molar-refractivity contribution is 0.0684. The van der Waals surface area contributed by atoms with Crippen molar-refractivity contribution in [3.63, 3.8) is 0 Å². The van der Waals surface area contributed by atoms with Crippen LogP contribution in [-0.2, 0) is 13.0 Å². The maximum absolute atomic E-state index is 11.0. The van der Waals surface area contributed by atoms with Gasteiger partial charge in [-0.3, -0.25) is 0 Å². The first-order valence-corrected chi connectivity index (χ1v) is 6.19. The maximum atomic E-state index is 11.0. The number of aromatic nitrogens is 3. The van der Waals surface area contributed by atoms with Crippen LogP contribution in [0, 0.1) is 5.92 Å². The van der Waals surface area contributed by atoms with Gasteiger partial charge in [-0.15, -0.1) is 0 Å². The number of carboxylic acid groups (broad SMARTS) is 1. The Labute approximate surface area is 115 Å². The van der Waals surface area contributed by atoms with Gasteiger partial charge in [0, 0.05) is 12.6 Å².